The van der Waals surface area contributed by atoms with Crippen molar-refractivity contribution in [1.82, 2.24) is 0 Å². The fraction of sp³-hybridized carbons (Fsp3) is 0.350. The first-order chi connectivity index (χ1) is 14.5. The van der Waals surface area contributed by atoms with Gasteiger partial charge in [0.1, 0.15) is 17.2 Å². The Labute approximate surface area is 180 Å². The lowest BCUT2D eigenvalue weighted by Gasteiger charge is -2.13. The summed E-state index contributed by atoms with van der Waals surface area (Å²) in [5.74, 6) is -1.23. The van der Waals surface area contributed by atoms with Crippen molar-refractivity contribution < 1.29 is 32.7 Å². The molecule has 0 amide bonds. The Balaban J connectivity index is 2.09. The summed E-state index contributed by atoms with van der Waals surface area (Å²) in [5, 5.41) is 22.8. The maximum Gasteiger partial charge on any atom is 0.416 e. The van der Waals surface area contributed by atoms with Gasteiger partial charge in [-0.25, -0.2) is 0 Å². The first-order valence-electron chi connectivity index (χ1n) is 9.28. The smallest absolute Gasteiger partial charge is 0.416 e. The number of rotatable bonds is 10. The van der Waals surface area contributed by atoms with Gasteiger partial charge in [-0.05, 0) is 37.1 Å². The molecule has 0 aromatic heterocycles. The highest BCUT2D eigenvalue weighted by atomic mass is 35.5. The lowest BCUT2D eigenvalue weighted by atomic mass is 10.0. The van der Waals surface area contributed by atoms with Gasteiger partial charge in [0, 0.05) is 18.7 Å². The van der Waals surface area contributed by atoms with Gasteiger partial charge in [-0.3, -0.25) is 14.9 Å². The van der Waals surface area contributed by atoms with E-state index in [0.717, 1.165) is 18.2 Å². The number of halogens is 4. The Hall–Kier alpha value is -3.01. The van der Waals surface area contributed by atoms with E-state index in [2.05, 4.69) is 5.32 Å². The van der Waals surface area contributed by atoms with Crippen LogP contribution >= 0.6 is 11.6 Å². The second kappa shape index (κ2) is 10.3. The number of benzene rings is 2. The number of nitro groups is 1. The van der Waals surface area contributed by atoms with E-state index in [-0.39, 0.29) is 27.9 Å². The van der Waals surface area contributed by atoms with Gasteiger partial charge in [0.15, 0.2) is 0 Å². The molecule has 168 valence electrons. The molecule has 2 aromatic rings. The Kier molecular flexibility index (Phi) is 8.09. The number of alkyl halides is 3. The average Bonchev–Trinajstić information content (AvgIpc) is 2.68. The van der Waals surface area contributed by atoms with Crippen LogP contribution in [0.25, 0.3) is 0 Å². The Morgan fingerprint density at radius 3 is 2.55 bits per heavy atom. The summed E-state index contributed by atoms with van der Waals surface area (Å²) >= 11 is 5.88. The van der Waals surface area contributed by atoms with E-state index < -0.39 is 28.6 Å². The number of nitrogens with zero attached hydrogens (tertiary/aromatic N) is 1. The number of aliphatic carboxylic acids is 1. The Bertz CT molecular complexity index is 953. The van der Waals surface area contributed by atoms with Gasteiger partial charge < -0.3 is 15.2 Å². The number of nitrogens with one attached hydrogen (secondary N) is 1. The van der Waals surface area contributed by atoms with Gasteiger partial charge in [0.2, 0.25) is 0 Å². The fourth-order valence-corrected chi connectivity index (χ4v) is 2.91. The second-order valence-electron chi connectivity index (χ2n) is 6.84. The number of nitro benzene ring substituents is 1. The van der Waals surface area contributed by atoms with Crippen LogP contribution in [0, 0.1) is 16.0 Å². The quantitative estimate of drug-likeness (QED) is 0.243. The van der Waals surface area contributed by atoms with Crippen molar-refractivity contribution >= 4 is 28.9 Å². The molecule has 0 heterocycles. The molecule has 7 nitrogen and oxygen atoms in total. The average molecular weight is 461 g/mol. The molecule has 0 radical (unpaired) electrons. The van der Waals surface area contributed by atoms with Crippen LogP contribution in [0.1, 0.15) is 31.7 Å². The molecule has 11 heteroatoms. The van der Waals surface area contributed by atoms with Crippen molar-refractivity contribution in [2.75, 3.05) is 11.9 Å². The second-order valence-corrected chi connectivity index (χ2v) is 7.25. The molecule has 2 aromatic carbocycles. The topological polar surface area (TPSA) is 102 Å². The summed E-state index contributed by atoms with van der Waals surface area (Å²) in [6.07, 6.45) is -2.86. The normalized spacial score (nSPS) is 12.3. The minimum atomic E-state index is -4.55. The first kappa shape index (κ1) is 24.3. The number of carboxylic acid groups (broad SMARTS) is 1. The first-order valence-corrected chi connectivity index (χ1v) is 9.66. The van der Waals surface area contributed by atoms with Crippen LogP contribution in [0.2, 0.25) is 5.02 Å². The van der Waals surface area contributed by atoms with E-state index in [1.54, 1.807) is 6.92 Å². The van der Waals surface area contributed by atoms with Crippen molar-refractivity contribution in [2.45, 2.75) is 32.4 Å². The van der Waals surface area contributed by atoms with E-state index >= 15 is 0 Å². The molecule has 2 N–H and O–H groups in total. The van der Waals surface area contributed by atoms with E-state index in [0.29, 0.717) is 25.8 Å². The van der Waals surface area contributed by atoms with Crippen molar-refractivity contribution in [3.8, 4) is 11.5 Å². The van der Waals surface area contributed by atoms with Crippen LogP contribution in [0.5, 0.6) is 11.5 Å². The number of ether oxygens (including phenoxy) is 1. The number of anilines is 1. The van der Waals surface area contributed by atoms with Crippen LogP contribution in [0.3, 0.4) is 0 Å². The summed E-state index contributed by atoms with van der Waals surface area (Å²) in [6, 6.07) is 6.51. The predicted octanol–water partition coefficient (Wildman–Crippen LogP) is 6.36. The van der Waals surface area contributed by atoms with Gasteiger partial charge in [0.05, 0.1) is 21.4 Å². The van der Waals surface area contributed by atoms with Gasteiger partial charge >= 0.3 is 12.1 Å². The summed E-state index contributed by atoms with van der Waals surface area (Å²) in [7, 11) is 0. The van der Waals surface area contributed by atoms with Gasteiger partial charge in [0.25, 0.3) is 5.69 Å². The predicted molar refractivity (Wildman–Crippen MR) is 109 cm³/mol. The molecule has 1 unspecified atom stereocenters. The minimum absolute atomic E-state index is 0.0304. The van der Waals surface area contributed by atoms with E-state index in [1.807, 2.05) is 0 Å². The monoisotopic (exact) mass is 460 g/mol. The van der Waals surface area contributed by atoms with Gasteiger partial charge in [-0.2, -0.15) is 13.2 Å². The van der Waals surface area contributed by atoms with Gasteiger partial charge in [-0.1, -0.05) is 24.9 Å². The zero-order valence-corrected chi connectivity index (χ0v) is 17.2. The number of hydrogen-bond acceptors (Lipinski definition) is 5. The maximum absolute atomic E-state index is 12.8. The zero-order chi connectivity index (χ0) is 23.2. The van der Waals surface area contributed by atoms with Crippen molar-refractivity contribution in [2.24, 2.45) is 5.92 Å². The summed E-state index contributed by atoms with van der Waals surface area (Å²) in [6.45, 7) is 1.96. The third-order valence-corrected chi connectivity index (χ3v) is 4.75. The highest BCUT2D eigenvalue weighted by molar-refractivity contribution is 6.32. The van der Waals surface area contributed by atoms with Crippen LogP contribution < -0.4 is 10.1 Å². The van der Waals surface area contributed by atoms with Crippen molar-refractivity contribution in [3.05, 3.63) is 57.1 Å². The zero-order valence-electron chi connectivity index (χ0n) is 16.4. The summed E-state index contributed by atoms with van der Waals surface area (Å²) in [5.41, 5.74) is -0.963. The molecule has 31 heavy (non-hydrogen) atoms. The lowest BCUT2D eigenvalue weighted by molar-refractivity contribution is -0.384. The van der Waals surface area contributed by atoms with Crippen molar-refractivity contribution in [1.29, 1.82) is 0 Å². The van der Waals surface area contributed by atoms with Crippen LogP contribution in [-0.4, -0.2) is 22.5 Å². The number of unbranched alkanes of at least 4 members (excludes halogenated alkanes) is 1. The largest absolute Gasteiger partial charge is 0.481 e. The molecular weight excluding hydrogens is 441 g/mol. The standard InChI is InChI=1S/C20H20ClF3N2O5/c1-12(19(27)28)4-2-3-9-25-16-11-14(6-7-17(16)26(29)30)31-18-8-5-13(10-15(18)21)20(22,23)24/h5-8,10-12,25H,2-4,9H2,1H3,(H,27,28). The number of carboxylic acids is 1. The maximum atomic E-state index is 12.8. The minimum Gasteiger partial charge on any atom is -0.481 e. The highest BCUT2D eigenvalue weighted by Gasteiger charge is 2.31. The Morgan fingerprint density at radius 1 is 1.26 bits per heavy atom. The van der Waals surface area contributed by atoms with Crippen LogP contribution in [-0.2, 0) is 11.0 Å². The molecular formula is C20H20ClF3N2O5. The fourth-order valence-electron chi connectivity index (χ4n) is 2.69. The van der Waals surface area contributed by atoms with Crippen LogP contribution in [0.4, 0.5) is 24.5 Å². The third kappa shape index (κ3) is 7.02. The van der Waals surface area contributed by atoms with E-state index in [9.17, 15) is 28.1 Å². The highest BCUT2D eigenvalue weighted by Crippen LogP contribution is 2.38. The van der Waals surface area contributed by atoms with E-state index in [1.165, 1.54) is 18.2 Å². The SMILES string of the molecule is CC(CCCCNc1cc(Oc2ccc(C(F)(F)F)cc2Cl)ccc1[N+](=O)[O-])C(=O)O. The van der Waals surface area contributed by atoms with E-state index in [4.69, 9.17) is 21.4 Å². The molecule has 0 spiro atoms. The summed E-state index contributed by atoms with van der Waals surface area (Å²) < 4.78 is 43.8. The summed E-state index contributed by atoms with van der Waals surface area (Å²) in [4.78, 5) is 21.5. The number of carbonyl (C=O) groups is 1. The molecule has 1 atom stereocenters. The van der Waals surface area contributed by atoms with Crippen LogP contribution in [0.15, 0.2) is 36.4 Å². The lowest BCUT2D eigenvalue weighted by Crippen LogP contribution is -2.10. The van der Waals surface area contributed by atoms with Crippen molar-refractivity contribution in [3.63, 3.8) is 0 Å². The molecule has 0 saturated carbocycles. The molecule has 2 rings (SSSR count). The molecule has 0 aliphatic heterocycles. The third-order valence-electron chi connectivity index (χ3n) is 4.45. The Morgan fingerprint density at radius 2 is 1.97 bits per heavy atom. The molecule has 0 saturated heterocycles. The molecule has 0 aliphatic rings. The molecule has 0 fully saturated rings. The molecule has 0 aliphatic carbocycles. The molecule has 0 bridgehead atoms. The number of hydrogen-bond donors (Lipinski definition) is 2. The van der Waals surface area contributed by atoms with Gasteiger partial charge in [-0.15, -0.1) is 0 Å².